The van der Waals surface area contributed by atoms with Gasteiger partial charge in [0.25, 0.3) is 0 Å². The maximum absolute atomic E-state index is 9.33. The van der Waals surface area contributed by atoms with Crippen molar-refractivity contribution in [2.75, 3.05) is 7.11 Å². The minimum absolute atomic E-state index is 0.456. The van der Waals surface area contributed by atoms with Gasteiger partial charge >= 0.3 is 0 Å². The molecule has 1 heterocycles. The zero-order valence-electron chi connectivity index (χ0n) is 9.18. The second-order valence-corrected chi connectivity index (χ2v) is 3.52. The summed E-state index contributed by atoms with van der Waals surface area (Å²) in [6.45, 7) is 1.63. The summed E-state index contributed by atoms with van der Waals surface area (Å²) in [6.07, 6.45) is -0.646. The number of aliphatic hydroxyl groups excluding tert-OH is 1. The van der Waals surface area contributed by atoms with Gasteiger partial charge in [-0.05, 0) is 19.1 Å². The van der Waals surface area contributed by atoms with Gasteiger partial charge in [-0.3, -0.25) is 0 Å². The Morgan fingerprint density at radius 2 is 2.19 bits per heavy atom. The largest absolute Gasteiger partial charge is 0.497 e. The first kappa shape index (κ1) is 10.7. The monoisotopic (exact) mass is 219 g/mol. The molecule has 0 aliphatic rings. The number of hydrogen-bond acceptors (Lipinski definition) is 4. The van der Waals surface area contributed by atoms with Crippen LogP contribution in [0.25, 0.3) is 11.3 Å². The molecule has 0 spiro atoms. The maximum Gasteiger partial charge on any atom is 0.165 e. The van der Waals surface area contributed by atoms with E-state index in [1.54, 1.807) is 20.1 Å². The Balaban J connectivity index is 2.34. The second kappa shape index (κ2) is 4.37. The molecule has 16 heavy (non-hydrogen) atoms. The highest BCUT2D eigenvalue weighted by Crippen LogP contribution is 2.25. The van der Waals surface area contributed by atoms with Gasteiger partial charge in [-0.2, -0.15) is 0 Å². The molecule has 0 amide bonds. The van der Waals surface area contributed by atoms with Gasteiger partial charge in [-0.25, -0.2) is 0 Å². The molecule has 1 atom stereocenters. The van der Waals surface area contributed by atoms with Crippen molar-refractivity contribution in [2.45, 2.75) is 13.0 Å². The zero-order chi connectivity index (χ0) is 11.5. The second-order valence-electron chi connectivity index (χ2n) is 3.52. The van der Waals surface area contributed by atoms with Crippen LogP contribution in [-0.2, 0) is 0 Å². The number of aromatic nitrogens is 1. The number of nitrogens with zero attached hydrogens (tertiary/aromatic N) is 1. The van der Waals surface area contributed by atoms with E-state index in [1.807, 2.05) is 24.3 Å². The van der Waals surface area contributed by atoms with Crippen LogP contribution in [0, 0.1) is 0 Å². The number of methoxy groups -OCH3 is 1. The molecule has 0 aliphatic heterocycles. The quantitative estimate of drug-likeness (QED) is 0.861. The van der Waals surface area contributed by atoms with Crippen molar-refractivity contribution < 1.29 is 14.4 Å². The average Bonchev–Trinajstić information content (AvgIpc) is 2.78. The first-order valence-electron chi connectivity index (χ1n) is 5.00. The Morgan fingerprint density at radius 1 is 1.38 bits per heavy atom. The Labute approximate surface area is 93.5 Å². The highest BCUT2D eigenvalue weighted by molar-refractivity contribution is 5.60. The smallest absolute Gasteiger partial charge is 0.165 e. The van der Waals surface area contributed by atoms with Crippen molar-refractivity contribution in [3.63, 3.8) is 0 Å². The first-order valence-corrected chi connectivity index (χ1v) is 5.00. The van der Waals surface area contributed by atoms with Crippen molar-refractivity contribution in [3.8, 4) is 17.0 Å². The third-order valence-corrected chi connectivity index (χ3v) is 2.31. The molecule has 84 valence electrons. The van der Waals surface area contributed by atoms with Crippen molar-refractivity contribution in [1.29, 1.82) is 0 Å². The molecule has 1 N–H and O–H groups in total. The Hall–Kier alpha value is -1.81. The van der Waals surface area contributed by atoms with E-state index in [0.29, 0.717) is 11.5 Å². The highest BCUT2D eigenvalue weighted by Gasteiger charge is 2.10. The molecule has 0 bridgehead atoms. The summed E-state index contributed by atoms with van der Waals surface area (Å²) < 4.78 is 10.1. The van der Waals surface area contributed by atoms with E-state index in [0.717, 1.165) is 11.3 Å². The first-order chi connectivity index (χ1) is 7.70. The van der Waals surface area contributed by atoms with Gasteiger partial charge in [0.2, 0.25) is 0 Å². The maximum atomic E-state index is 9.33. The predicted molar refractivity (Wildman–Crippen MR) is 59.1 cm³/mol. The Morgan fingerprint density at radius 3 is 2.81 bits per heavy atom. The van der Waals surface area contributed by atoms with Crippen LogP contribution in [0.5, 0.6) is 5.75 Å². The molecule has 1 unspecified atom stereocenters. The van der Waals surface area contributed by atoms with Gasteiger partial charge in [-0.1, -0.05) is 17.3 Å². The summed E-state index contributed by atoms with van der Waals surface area (Å²) in [5.74, 6) is 1.22. The standard InChI is InChI=1S/C12H13NO3/c1-8(14)12-7-11(13-16-12)9-4-3-5-10(6-9)15-2/h3-8,14H,1-2H3. The highest BCUT2D eigenvalue weighted by atomic mass is 16.5. The fourth-order valence-corrected chi connectivity index (χ4v) is 1.40. The number of rotatable bonds is 3. The van der Waals surface area contributed by atoms with E-state index in [4.69, 9.17) is 9.26 Å². The van der Waals surface area contributed by atoms with Gasteiger partial charge in [-0.15, -0.1) is 0 Å². The fraction of sp³-hybridized carbons (Fsp3) is 0.250. The topological polar surface area (TPSA) is 55.5 Å². The van der Waals surface area contributed by atoms with Gasteiger partial charge in [0.1, 0.15) is 17.5 Å². The third kappa shape index (κ3) is 2.06. The normalized spacial score (nSPS) is 12.4. The molecule has 1 aromatic heterocycles. The average molecular weight is 219 g/mol. The van der Waals surface area contributed by atoms with Crippen LogP contribution in [0.1, 0.15) is 18.8 Å². The lowest BCUT2D eigenvalue weighted by Crippen LogP contribution is -1.86. The number of ether oxygens (including phenoxy) is 1. The lowest BCUT2D eigenvalue weighted by Gasteiger charge is -2.00. The minimum atomic E-state index is -0.646. The van der Waals surface area contributed by atoms with Crippen LogP contribution in [0.4, 0.5) is 0 Å². The van der Waals surface area contributed by atoms with E-state index >= 15 is 0 Å². The van der Waals surface area contributed by atoms with Crippen LogP contribution in [0.15, 0.2) is 34.9 Å². The van der Waals surface area contributed by atoms with E-state index in [9.17, 15) is 5.11 Å². The zero-order valence-corrected chi connectivity index (χ0v) is 9.18. The van der Waals surface area contributed by atoms with Crippen molar-refractivity contribution in [3.05, 3.63) is 36.1 Å². The number of aliphatic hydroxyl groups is 1. The molecular formula is C12H13NO3. The van der Waals surface area contributed by atoms with Crippen LogP contribution >= 0.6 is 0 Å². The fourth-order valence-electron chi connectivity index (χ4n) is 1.40. The lowest BCUT2D eigenvalue weighted by molar-refractivity contribution is 0.158. The van der Waals surface area contributed by atoms with Crippen LogP contribution in [-0.4, -0.2) is 17.4 Å². The van der Waals surface area contributed by atoms with Crippen LogP contribution in [0.2, 0.25) is 0 Å². The summed E-state index contributed by atoms with van der Waals surface area (Å²) in [7, 11) is 1.61. The molecule has 0 fully saturated rings. The molecule has 0 aliphatic carbocycles. The Bertz CT molecular complexity index is 477. The summed E-state index contributed by atoms with van der Waals surface area (Å²) in [5.41, 5.74) is 1.59. The molecule has 0 radical (unpaired) electrons. The summed E-state index contributed by atoms with van der Waals surface area (Å²) in [4.78, 5) is 0. The molecule has 2 aromatic rings. The summed E-state index contributed by atoms with van der Waals surface area (Å²) in [5, 5.41) is 13.2. The molecular weight excluding hydrogens is 206 g/mol. The van der Waals surface area contributed by atoms with Gasteiger partial charge in [0.05, 0.1) is 7.11 Å². The summed E-state index contributed by atoms with van der Waals surface area (Å²) >= 11 is 0. The number of benzene rings is 1. The van der Waals surface area contributed by atoms with E-state index in [2.05, 4.69) is 5.16 Å². The predicted octanol–water partition coefficient (Wildman–Crippen LogP) is 2.40. The minimum Gasteiger partial charge on any atom is -0.497 e. The van der Waals surface area contributed by atoms with E-state index in [-0.39, 0.29) is 0 Å². The Kier molecular flexibility index (Phi) is 2.92. The molecule has 2 rings (SSSR count). The van der Waals surface area contributed by atoms with Gasteiger partial charge < -0.3 is 14.4 Å². The van der Waals surface area contributed by atoms with Gasteiger partial charge in [0, 0.05) is 11.6 Å². The molecule has 4 heteroatoms. The SMILES string of the molecule is COc1cccc(-c2cc(C(C)O)on2)c1. The van der Waals surface area contributed by atoms with E-state index < -0.39 is 6.10 Å². The molecule has 0 saturated heterocycles. The third-order valence-electron chi connectivity index (χ3n) is 2.31. The molecule has 1 aromatic carbocycles. The van der Waals surface area contributed by atoms with Crippen molar-refractivity contribution >= 4 is 0 Å². The van der Waals surface area contributed by atoms with Crippen LogP contribution in [0.3, 0.4) is 0 Å². The van der Waals surface area contributed by atoms with Gasteiger partial charge in [0.15, 0.2) is 5.76 Å². The molecule has 4 nitrogen and oxygen atoms in total. The number of hydrogen-bond donors (Lipinski definition) is 1. The van der Waals surface area contributed by atoms with Crippen molar-refractivity contribution in [2.24, 2.45) is 0 Å². The lowest BCUT2D eigenvalue weighted by atomic mass is 10.1. The summed E-state index contributed by atoms with van der Waals surface area (Å²) in [6, 6.07) is 9.24. The van der Waals surface area contributed by atoms with E-state index in [1.165, 1.54) is 0 Å². The molecule has 0 saturated carbocycles. The van der Waals surface area contributed by atoms with Crippen LogP contribution < -0.4 is 4.74 Å². The van der Waals surface area contributed by atoms with Crippen molar-refractivity contribution in [1.82, 2.24) is 5.16 Å².